The first-order valence-electron chi connectivity index (χ1n) is 8.16. The minimum absolute atomic E-state index is 0.0937. The highest BCUT2D eigenvalue weighted by Gasteiger charge is 2.38. The van der Waals surface area contributed by atoms with Crippen LogP contribution in [0.15, 0.2) is 36.1 Å². The molecular formula is C17H17F3N4O4S. The molecule has 3 aromatic rings. The second-order valence-electron chi connectivity index (χ2n) is 5.73. The topological polar surface area (TPSA) is 108 Å². The number of aryl methyl sites for hydroxylation is 1. The van der Waals surface area contributed by atoms with Crippen molar-refractivity contribution < 1.29 is 33.0 Å². The molecule has 0 spiro atoms. The Bertz CT molecular complexity index is 973. The first kappa shape index (κ1) is 22.3. The Morgan fingerprint density at radius 3 is 2.55 bits per heavy atom. The van der Waals surface area contributed by atoms with E-state index in [1.807, 2.05) is 35.0 Å². The number of amides is 1. The summed E-state index contributed by atoms with van der Waals surface area (Å²) in [7, 11) is 0. The van der Waals surface area contributed by atoms with Crippen LogP contribution in [0, 0.1) is 6.92 Å². The fourth-order valence-corrected chi connectivity index (χ4v) is 2.92. The average Bonchev–Trinajstić information content (AvgIpc) is 3.30. The van der Waals surface area contributed by atoms with Gasteiger partial charge >= 0.3 is 12.1 Å². The number of aliphatic hydroxyl groups is 1. The number of fused-ring (bicyclic) bond motifs is 1. The lowest BCUT2D eigenvalue weighted by Gasteiger charge is -2.19. The molecule has 0 unspecified atom stereocenters. The van der Waals surface area contributed by atoms with E-state index < -0.39 is 12.1 Å². The predicted molar refractivity (Wildman–Crippen MR) is 97.6 cm³/mol. The van der Waals surface area contributed by atoms with E-state index in [9.17, 15) is 23.1 Å². The van der Waals surface area contributed by atoms with Gasteiger partial charge in [-0.1, -0.05) is 6.07 Å². The van der Waals surface area contributed by atoms with Crippen LogP contribution in [0.4, 0.5) is 13.2 Å². The van der Waals surface area contributed by atoms with Gasteiger partial charge in [-0.05, 0) is 18.6 Å². The molecule has 0 aliphatic carbocycles. The number of pyridine rings is 1. The summed E-state index contributed by atoms with van der Waals surface area (Å²) in [5, 5.41) is 19.0. The van der Waals surface area contributed by atoms with E-state index >= 15 is 0 Å². The lowest BCUT2D eigenvalue weighted by Crippen LogP contribution is -2.33. The lowest BCUT2D eigenvalue weighted by atomic mass is 10.3. The van der Waals surface area contributed by atoms with Gasteiger partial charge in [-0.25, -0.2) is 14.8 Å². The number of alkyl halides is 3. The predicted octanol–water partition coefficient (Wildman–Crippen LogP) is 2.37. The number of rotatable bonds is 5. The van der Waals surface area contributed by atoms with E-state index in [4.69, 9.17) is 9.90 Å². The Kier molecular flexibility index (Phi) is 7.29. The Hall–Kier alpha value is -2.99. The number of aromatic nitrogens is 3. The van der Waals surface area contributed by atoms with Gasteiger partial charge in [-0.3, -0.25) is 4.79 Å². The molecule has 12 heteroatoms. The van der Waals surface area contributed by atoms with Crippen LogP contribution in [0.5, 0.6) is 0 Å². The fraction of sp³-hybridized carbons (Fsp3) is 0.294. The Morgan fingerprint density at radius 1 is 1.34 bits per heavy atom. The van der Waals surface area contributed by atoms with Crippen LogP contribution in [0.3, 0.4) is 0 Å². The zero-order valence-corrected chi connectivity index (χ0v) is 15.9. The molecule has 0 atom stereocenters. The smallest absolute Gasteiger partial charge is 0.475 e. The van der Waals surface area contributed by atoms with Gasteiger partial charge in [0, 0.05) is 30.5 Å². The van der Waals surface area contributed by atoms with E-state index in [1.165, 1.54) is 11.3 Å². The molecule has 3 rings (SSSR count). The molecule has 0 aliphatic heterocycles. The molecule has 1 amide bonds. The second-order valence-corrected chi connectivity index (χ2v) is 6.71. The van der Waals surface area contributed by atoms with Gasteiger partial charge in [0.15, 0.2) is 0 Å². The van der Waals surface area contributed by atoms with Crippen molar-refractivity contribution in [2.24, 2.45) is 0 Å². The number of aliphatic hydroxyl groups excluding tert-OH is 1. The Balaban J connectivity index is 0.000000370. The van der Waals surface area contributed by atoms with Crippen LogP contribution in [0.2, 0.25) is 0 Å². The highest BCUT2D eigenvalue weighted by molar-refractivity contribution is 7.09. The minimum Gasteiger partial charge on any atom is -0.475 e. The molecule has 3 aromatic heterocycles. The number of hydrogen-bond donors (Lipinski definition) is 2. The number of imidazole rings is 1. The molecule has 0 bridgehead atoms. The summed E-state index contributed by atoms with van der Waals surface area (Å²) < 4.78 is 33.6. The van der Waals surface area contributed by atoms with E-state index in [-0.39, 0.29) is 19.1 Å². The van der Waals surface area contributed by atoms with Gasteiger partial charge in [0.2, 0.25) is 0 Å². The second kappa shape index (κ2) is 9.47. The number of carboxylic acid groups (broad SMARTS) is 1. The molecule has 8 nitrogen and oxygen atoms in total. The van der Waals surface area contributed by atoms with Crippen molar-refractivity contribution in [1.29, 1.82) is 0 Å². The molecule has 3 heterocycles. The number of carbonyl (C=O) groups excluding carboxylic acids is 1. The maximum atomic E-state index is 12.7. The number of hydrogen-bond acceptors (Lipinski definition) is 6. The van der Waals surface area contributed by atoms with E-state index in [0.717, 1.165) is 16.2 Å². The Labute approximate surface area is 166 Å². The molecule has 29 heavy (non-hydrogen) atoms. The summed E-state index contributed by atoms with van der Waals surface area (Å²) in [6.45, 7) is 2.50. The summed E-state index contributed by atoms with van der Waals surface area (Å²) >= 11 is 1.48. The van der Waals surface area contributed by atoms with E-state index in [2.05, 4.69) is 9.97 Å². The van der Waals surface area contributed by atoms with Crippen LogP contribution < -0.4 is 0 Å². The Morgan fingerprint density at radius 2 is 2.03 bits per heavy atom. The van der Waals surface area contributed by atoms with Crippen molar-refractivity contribution in [2.45, 2.75) is 19.6 Å². The van der Waals surface area contributed by atoms with Gasteiger partial charge in [-0.2, -0.15) is 13.2 Å². The monoisotopic (exact) mass is 430 g/mol. The van der Waals surface area contributed by atoms with Crippen molar-refractivity contribution in [3.8, 4) is 0 Å². The van der Waals surface area contributed by atoms with Crippen molar-refractivity contribution in [1.82, 2.24) is 19.3 Å². The van der Waals surface area contributed by atoms with E-state index in [1.54, 1.807) is 17.3 Å². The standard InChI is InChI=1S/C15H16N4O2S.C2HF3O2/c1-11-3-2-5-18-9-12(17-14(11)18)15(21)19(6-7-20)10-13-16-4-8-22-13;3-2(4,5)1(6)7/h2-5,8-9,20H,6-7,10H2,1H3;(H,6,7). The summed E-state index contributed by atoms with van der Waals surface area (Å²) in [6, 6.07) is 3.87. The average molecular weight is 430 g/mol. The van der Waals surface area contributed by atoms with Gasteiger partial charge in [0.25, 0.3) is 5.91 Å². The number of nitrogens with zero attached hydrogens (tertiary/aromatic N) is 4. The SMILES string of the molecule is Cc1cccn2cc(C(=O)N(CCO)Cc3nccs3)nc12.O=C(O)C(F)(F)F. The number of carboxylic acids is 1. The van der Waals surface area contributed by atoms with Crippen molar-refractivity contribution in [3.63, 3.8) is 0 Å². The van der Waals surface area contributed by atoms with Crippen LogP contribution in [-0.4, -0.2) is 60.7 Å². The first-order valence-corrected chi connectivity index (χ1v) is 9.04. The van der Waals surface area contributed by atoms with Crippen LogP contribution in [-0.2, 0) is 11.3 Å². The van der Waals surface area contributed by atoms with Crippen LogP contribution in [0.1, 0.15) is 21.1 Å². The number of carbonyl (C=O) groups is 2. The van der Waals surface area contributed by atoms with Crippen molar-refractivity contribution in [2.75, 3.05) is 13.2 Å². The summed E-state index contributed by atoms with van der Waals surface area (Å²) in [6.07, 6.45) is 0.204. The molecule has 156 valence electrons. The molecule has 0 radical (unpaired) electrons. The number of halogens is 3. The zero-order chi connectivity index (χ0) is 21.6. The zero-order valence-electron chi connectivity index (χ0n) is 15.1. The quantitative estimate of drug-likeness (QED) is 0.644. The highest BCUT2D eigenvalue weighted by atomic mass is 32.1. The van der Waals surface area contributed by atoms with Gasteiger partial charge in [0.05, 0.1) is 13.2 Å². The number of aliphatic carboxylic acids is 1. The molecule has 2 N–H and O–H groups in total. The maximum absolute atomic E-state index is 12.7. The molecular weight excluding hydrogens is 413 g/mol. The summed E-state index contributed by atoms with van der Waals surface area (Å²) in [5.41, 5.74) is 2.15. The third kappa shape index (κ3) is 5.99. The molecule has 0 aliphatic rings. The molecule has 0 fully saturated rings. The third-order valence-electron chi connectivity index (χ3n) is 3.61. The van der Waals surface area contributed by atoms with Gasteiger partial charge < -0.3 is 19.5 Å². The lowest BCUT2D eigenvalue weighted by molar-refractivity contribution is -0.192. The summed E-state index contributed by atoms with van der Waals surface area (Å²) in [5.74, 6) is -2.96. The summed E-state index contributed by atoms with van der Waals surface area (Å²) in [4.78, 5) is 31.7. The third-order valence-corrected chi connectivity index (χ3v) is 4.37. The first-order chi connectivity index (χ1) is 13.6. The van der Waals surface area contributed by atoms with Gasteiger partial charge in [-0.15, -0.1) is 11.3 Å². The van der Waals surface area contributed by atoms with Crippen LogP contribution in [0.25, 0.3) is 5.65 Å². The fourth-order valence-electron chi connectivity index (χ4n) is 2.29. The van der Waals surface area contributed by atoms with E-state index in [0.29, 0.717) is 12.2 Å². The normalized spacial score (nSPS) is 11.1. The van der Waals surface area contributed by atoms with Crippen molar-refractivity contribution in [3.05, 3.63) is 52.4 Å². The number of thiazole rings is 1. The maximum Gasteiger partial charge on any atom is 0.490 e. The minimum atomic E-state index is -5.08. The molecule has 0 aromatic carbocycles. The highest BCUT2D eigenvalue weighted by Crippen LogP contribution is 2.15. The van der Waals surface area contributed by atoms with Gasteiger partial charge in [0.1, 0.15) is 16.3 Å². The van der Waals surface area contributed by atoms with Crippen molar-refractivity contribution >= 4 is 28.9 Å². The largest absolute Gasteiger partial charge is 0.490 e. The molecule has 0 saturated heterocycles. The molecule has 0 saturated carbocycles. The van der Waals surface area contributed by atoms with Crippen LogP contribution >= 0.6 is 11.3 Å².